The van der Waals surface area contributed by atoms with Gasteiger partial charge in [-0.25, -0.2) is 0 Å². The molecule has 4 nitrogen and oxygen atoms in total. The van der Waals surface area contributed by atoms with E-state index in [1.54, 1.807) is 0 Å². The molecule has 0 spiro atoms. The Morgan fingerprint density at radius 1 is 0.742 bits per heavy atom. The van der Waals surface area contributed by atoms with Gasteiger partial charge in [-0.05, 0) is 25.7 Å². The Morgan fingerprint density at radius 3 is 1.65 bits per heavy atom. The van der Waals surface area contributed by atoms with Crippen LogP contribution in [0.25, 0.3) is 0 Å². The standard InChI is InChI=1S/C26H54NO3P/c1-6-8-9-10-11-12-13-14-15-16-17-18-19-20-21-22-23-25-30-31(28,29)26(24-7-2)27(3,4)5/h21-22,26H,6-20,23-25H2,1-5H3/p+1. The highest BCUT2D eigenvalue weighted by atomic mass is 31.2. The zero-order chi connectivity index (χ0) is 23.4. The molecule has 0 aliphatic carbocycles. The van der Waals surface area contributed by atoms with Gasteiger partial charge in [-0.2, -0.15) is 0 Å². The molecule has 0 radical (unpaired) electrons. The fourth-order valence-corrected chi connectivity index (χ4v) is 6.10. The van der Waals surface area contributed by atoms with Crippen molar-refractivity contribution < 1.29 is 18.5 Å². The summed E-state index contributed by atoms with van der Waals surface area (Å²) in [5.74, 6) is -0.354. The Morgan fingerprint density at radius 2 is 1.19 bits per heavy atom. The highest BCUT2D eigenvalue weighted by molar-refractivity contribution is 7.53. The van der Waals surface area contributed by atoms with Crippen molar-refractivity contribution in [2.24, 2.45) is 0 Å². The van der Waals surface area contributed by atoms with Gasteiger partial charge < -0.3 is 13.9 Å². The molecule has 0 heterocycles. The summed E-state index contributed by atoms with van der Waals surface area (Å²) in [5, 5.41) is 0. The van der Waals surface area contributed by atoms with Crippen molar-refractivity contribution in [1.82, 2.24) is 0 Å². The second-order valence-electron chi connectivity index (χ2n) is 10.1. The molecule has 0 fully saturated rings. The Balaban J connectivity index is 3.60. The fraction of sp³-hybridized carbons (Fsp3) is 0.923. The molecule has 0 aliphatic heterocycles. The third kappa shape index (κ3) is 18.0. The summed E-state index contributed by atoms with van der Waals surface area (Å²) in [6.45, 7) is 4.64. The number of allylic oxidation sites excluding steroid dienone is 1. The highest BCUT2D eigenvalue weighted by Crippen LogP contribution is 2.51. The van der Waals surface area contributed by atoms with E-state index in [0.29, 0.717) is 23.9 Å². The minimum absolute atomic E-state index is 0.323. The van der Waals surface area contributed by atoms with Crippen molar-refractivity contribution in [3.05, 3.63) is 12.2 Å². The van der Waals surface area contributed by atoms with Crippen molar-refractivity contribution in [2.45, 2.75) is 129 Å². The summed E-state index contributed by atoms with van der Waals surface area (Å²) in [5.41, 5.74) is 0. The molecule has 0 saturated heterocycles. The zero-order valence-electron chi connectivity index (χ0n) is 21.6. The van der Waals surface area contributed by atoms with E-state index in [2.05, 4.69) is 19.1 Å². The second-order valence-corrected chi connectivity index (χ2v) is 12.1. The normalized spacial score (nSPS) is 15.4. The number of quaternary nitrogens is 1. The first-order valence-corrected chi connectivity index (χ1v) is 14.8. The number of nitrogens with zero attached hydrogens (tertiary/aromatic N) is 1. The first-order valence-electron chi connectivity index (χ1n) is 13.2. The van der Waals surface area contributed by atoms with Crippen LogP contribution in [-0.2, 0) is 9.09 Å². The van der Waals surface area contributed by atoms with Gasteiger partial charge in [0.1, 0.15) is 0 Å². The van der Waals surface area contributed by atoms with Gasteiger partial charge in [0.25, 0.3) is 0 Å². The molecule has 1 N–H and O–H groups in total. The minimum atomic E-state index is -3.59. The molecule has 0 rings (SSSR count). The molecule has 0 bridgehead atoms. The number of hydrogen-bond donors (Lipinski definition) is 1. The van der Waals surface area contributed by atoms with Gasteiger partial charge in [-0.3, -0.25) is 4.57 Å². The van der Waals surface area contributed by atoms with Crippen LogP contribution in [0.3, 0.4) is 0 Å². The minimum Gasteiger partial charge on any atom is -0.320 e. The van der Waals surface area contributed by atoms with E-state index in [9.17, 15) is 9.46 Å². The Labute approximate surface area is 195 Å². The lowest BCUT2D eigenvalue weighted by Gasteiger charge is -2.35. The number of rotatable bonds is 22. The molecule has 31 heavy (non-hydrogen) atoms. The zero-order valence-corrected chi connectivity index (χ0v) is 22.5. The van der Waals surface area contributed by atoms with E-state index in [4.69, 9.17) is 4.52 Å². The molecule has 2 atom stereocenters. The van der Waals surface area contributed by atoms with E-state index in [0.717, 1.165) is 12.8 Å². The number of unbranched alkanes of at least 4 members (excludes halogenated alkanes) is 13. The van der Waals surface area contributed by atoms with Gasteiger partial charge in [0.2, 0.25) is 0 Å². The van der Waals surface area contributed by atoms with Crippen LogP contribution in [-0.4, -0.2) is 42.9 Å². The maximum absolute atomic E-state index is 12.6. The number of hydrogen-bond acceptors (Lipinski definition) is 2. The molecule has 2 unspecified atom stereocenters. The molecular formula is C26H55NO3P+. The van der Waals surface area contributed by atoms with Crippen molar-refractivity contribution >= 4 is 7.60 Å². The maximum Gasteiger partial charge on any atom is 0.385 e. The molecule has 0 aromatic heterocycles. The molecule has 0 aromatic carbocycles. The van der Waals surface area contributed by atoms with Gasteiger partial charge in [0, 0.05) is 6.42 Å². The summed E-state index contributed by atoms with van der Waals surface area (Å²) in [4.78, 5) is 10.4. The summed E-state index contributed by atoms with van der Waals surface area (Å²) < 4.78 is 18.5. The lowest BCUT2D eigenvalue weighted by atomic mass is 10.0. The Kier molecular flexibility index (Phi) is 19.2. The first kappa shape index (κ1) is 30.9. The van der Waals surface area contributed by atoms with E-state index in [1.807, 2.05) is 28.1 Å². The van der Waals surface area contributed by atoms with Gasteiger partial charge in [-0.1, -0.05) is 103 Å². The first-order chi connectivity index (χ1) is 14.8. The maximum atomic E-state index is 12.6. The van der Waals surface area contributed by atoms with Crippen LogP contribution in [0.1, 0.15) is 123 Å². The van der Waals surface area contributed by atoms with Crippen LogP contribution >= 0.6 is 7.60 Å². The van der Waals surface area contributed by atoms with Crippen molar-refractivity contribution in [2.75, 3.05) is 27.7 Å². The van der Waals surface area contributed by atoms with Crippen molar-refractivity contribution in [3.63, 3.8) is 0 Å². The highest BCUT2D eigenvalue weighted by Gasteiger charge is 2.41. The van der Waals surface area contributed by atoms with Gasteiger partial charge >= 0.3 is 7.60 Å². The quantitative estimate of drug-likeness (QED) is 0.0763. The molecule has 0 aromatic rings. The average Bonchev–Trinajstić information content (AvgIpc) is 2.70. The fourth-order valence-electron chi connectivity index (χ4n) is 4.10. The SMILES string of the molecule is CCCCCCCCCCCCCCCC=CCCOP(=O)(O)C(CCC)[N+](C)(C)C. The predicted octanol–water partition coefficient (Wildman–Crippen LogP) is 8.45. The Hall–Kier alpha value is -0.150. The summed E-state index contributed by atoms with van der Waals surface area (Å²) >= 11 is 0. The molecule has 186 valence electrons. The van der Waals surface area contributed by atoms with E-state index in [1.165, 1.54) is 83.5 Å². The smallest absolute Gasteiger partial charge is 0.320 e. The molecule has 0 saturated carbocycles. The van der Waals surface area contributed by atoms with E-state index >= 15 is 0 Å². The predicted molar refractivity (Wildman–Crippen MR) is 137 cm³/mol. The van der Waals surface area contributed by atoms with Crippen molar-refractivity contribution in [1.29, 1.82) is 0 Å². The Bertz CT molecular complexity index is 474. The van der Waals surface area contributed by atoms with Crippen LogP contribution in [0.4, 0.5) is 0 Å². The van der Waals surface area contributed by atoms with Gasteiger partial charge in [0.15, 0.2) is 5.78 Å². The van der Waals surface area contributed by atoms with Crippen LogP contribution in [0.2, 0.25) is 0 Å². The summed E-state index contributed by atoms with van der Waals surface area (Å²) in [7, 11) is 2.29. The second kappa shape index (κ2) is 19.3. The van der Waals surface area contributed by atoms with Crippen LogP contribution in [0.5, 0.6) is 0 Å². The van der Waals surface area contributed by atoms with Gasteiger partial charge in [0.05, 0.1) is 27.7 Å². The third-order valence-electron chi connectivity index (χ3n) is 6.02. The summed E-state index contributed by atoms with van der Waals surface area (Å²) in [6, 6.07) is 0. The van der Waals surface area contributed by atoms with E-state index in [-0.39, 0.29) is 5.78 Å². The largest absolute Gasteiger partial charge is 0.385 e. The van der Waals surface area contributed by atoms with Crippen molar-refractivity contribution in [3.8, 4) is 0 Å². The monoisotopic (exact) mass is 460 g/mol. The molecular weight excluding hydrogens is 405 g/mol. The third-order valence-corrected chi connectivity index (χ3v) is 8.28. The van der Waals surface area contributed by atoms with Gasteiger partial charge in [-0.15, -0.1) is 0 Å². The topological polar surface area (TPSA) is 46.5 Å². The van der Waals surface area contributed by atoms with Crippen LogP contribution < -0.4 is 0 Å². The molecule has 5 heteroatoms. The lowest BCUT2D eigenvalue weighted by Crippen LogP contribution is -2.45. The molecule has 0 amide bonds. The summed E-state index contributed by atoms with van der Waals surface area (Å²) in [6.07, 6.45) is 25.7. The van der Waals surface area contributed by atoms with E-state index < -0.39 is 7.60 Å². The lowest BCUT2D eigenvalue weighted by molar-refractivity contribution is -0.883. The average molecular weight is 461 g/mol. The van der Waals surface area contributed by atoms with Crippen LogP contribution in [0.15, 0.2) is 12.2 Å². The molecule has 0 aliphatic rings. The van der Waals surface area contributed by atoms with Crippen LogP contribution in [0, 0.1) is 0 Å².